The third-order valence-corrected chi connectivity index (χ3v) is 4.91. The number of amides is 1. The van der Waals surface area contributed by atoms with Crippen molar-refractivity contribution in [2.45, 2.75) is 25.2 Å². The summed E-state index contributed by atoms with van der Waals surface area (Å²) in [7, 11) is 0. The van der Waals surface area contributed by atoms with Gasteiger partial charge in [-0.2, -0.15) is 0 Å². The first-order chi connectivity index (χ1) is 13.8. The number of likely N-dealkylation sites (tertiary alicyclic amines) is 1. The van der Waals surface area contributed by atoms with Crippen molar-refractivity contribution in [1.29, 1.82) is 0 Å². The maximum Gasteiger partial charge on any atom is 0.228 e. The average Bonchev–Trinajstić information content (AvgIpc) is 3.24. The number of hydrogen-bond acceptors (Lipinski definition) is 6. The van der Waals surface area contributed by atoms with Crippen LogP contribution in [0.2, 0.25) is 0 Å². The van der Waals surface area contributed by atoms with Crippen LogP contribution in [0.1, 0.15) is 30.0 Å². The standard InChI is InChI=1S/C21H22N6O/c28-20(7-6-16-4-2-1-3-5-16)27-13-9-17(15-27)18-8-10-24-21(25-18)26-19-14-22-11-12-23-19/h1-5,8,10-12,14,17H,6-7,9,13,15H2,(H,23,24,25,26). The third-order valence-electron chi connectivity index (χ3n) is 4.91. The van der Waals surface area contributed by atoms with E-state index in [-0.39, 0.29) is 11.8 Å². The van der Waals surface area contributed by atoms with Gasteiger partial charge in [0.1, 0.15) is 0 Å². The Morgan fingerprint density at radius 1 is 1.11 bits per heavy atom. The molecule has 1 amide bonds. The van der Waals surface area contributed by atoms with Gasteiger partial charge < -0.3 is 10.2 Å². The zero-order valence-corrected chi connectivity index (χ0v) is 15.5. The van der Waals surface area contributed by atoms with E-state index in [1.54, 1.807) is 24.8 Å². The van der Waals surface area contributed by atoms with E-state index in [0.717, 1.165) is 25.1 Å². The predicted molar refractivity (Wildman–Crippen MR) is 106 cm³/mol. The van der Waals surface area contributed by atoms with Crippen molar-refractivity contribution in [3.63, 3.8) is 0 Å². The summed E-state index contributed by atoms with van der Waals surface area (Å²) in [6.45, 7) is 1.48. The molecule has 1 fully saturated rings. The second kappa shape index (κ2) is 8.56. The summed E-state index contributed by atoms with van der Waals surface area (Å²) in [4.78, 5) is 31.6. The predicted octanol–water partition coefficient (Wildman–Crippen LogP) is 2.96. The number of nitrogens with one attached hydrogen (secondary N) is 1. The van der Waals surface area contributed by atoms with Crippen molar-refractivity contribution in [2.24, 2.45) is 0 Å². The number of rotatable bonds is 6. The molecule has 3 aromatic rings. The maximum atomic E-state index is 12.6. The molecule has 1 unspecified atom stereocenters. The molecule has 1 atom stereocenters. The Kier molecular flexibility index (Phi) is 5.51. The highest BCUT2D eigenvalue weighted by molar-refractivity contribution is 5.76. The third kappa shape index (κ3) is 4.49. The highest BCUT2D eigenvalue weighted by Gasteiger charge is 2.28. The topological polar surface area (TPSA) is 83.9 Å². The molecule has 1 N–H and O–H groups in total. The van der Waals surface area contributed by atoms with Gasteiger partial charge >= 0.3 is 0 Å². The number of carbonyl (C=O) groups excluding carboxylic acids is 1. The maximum absolute atomic E-state index is 12.6. The minimum absolute atomic E-state index is 0.207. The van der Waals surface area contributed by atoms with Gasteiger partial charge in [0, 0.05) is 44.0 Å². The summed E-state index contributed by atoms with van der Waals surface area (Å²) in [6.07, 6.45) is 8.82. The van der Waals surface area contributed by atoms with Crippen LogP contribution < -0.4 is 5.32 Å². The molecule has 7 nitrogen and oxygen atoms in total. The zero-order valence-electron chi connectivity index (χ0n) is 15.5. The van der Waals surface area contributed by atoms with Crippen LogP contribution in [0.15, 0.2) is 61.2 Å². The molecule has 0 aliphatic carbocycles. The Bertz CT molecular complexity index is 918. The summed E-state index contributed by atoms with van der Waals surface area (Å²) in [6, 6.07) is 12.1. The van der Waals surface area contributed by atoms with Crippen molar-refractivity contribution in [3.8, 4) is 0 Å². The summed E-state index contributed by atoms with van der Waals surface area (Å²) >= 11 is 0. The van der Waals surface area contributed by atoms with Crippen molar-refractivity contribution in [2.75, 3.05) is 18.4 Å². The smallest absolute Gasteiger partial charge is 0.228 e. The molecule has 0 saturated carbocycles. The van der Waals surface area contributed by atoms with Gasteiger partial charge in [0.05, 0.1) is 11.9 Å². The molecule has 1 aliphatic rings. The van der Waals surface area contributed by atoms with Gasteiger partial charge in [0.25, 0.3) is 0 Å². The first-order valence-electron chi connectivity index (χ1n) is 9.45. The summed E-state index contributed by atoms with van der Waals surface area (Å²) < 4.78 is 0. The fourth-order valence-electron chi connectivity index (χ4n) is 3.42. The average molecular weight is 374 g/mol. The van der Waals surface area contributed by atoms with Gasteiger partial charge in [-0.1, -0.05) is 30.3 Å². The molecular weight excluding hydrogens is 352 g/mol. The molecule has 0 spiro atoms. The van der Waals surface area contributed by atoms with Crippen molar-refractivity contribution >= 4 is 17.7 Å². The number of aromatic nitrogens is 4. The van der Waals surface area contributed by atoms with E-state index < -0.39 is 0 Å². The second-order valence-electron chi connectivity index (χ2n) is 6.83. The molecular formula is C21H22N6O. The van der Waals surface area contributed by atoms with E-state index in [2.05, 4.69) is 37.4 Å². The molecule has 4 rings (SSSR count). The van der Waals surface area contributed by atoms with Gasteiger partial charge in [-0.15, -0.1) is 0 Å². The quantitative estimate of drug-likeness (QED) is 0.714. The lowest BCUT2D eigenvalue weighted by Crippen LogP contribution is -2.28. The summed E-state index contributed by atoms with van der Waals surface area (Å²) in [5, 5.41) is 3.06. The number of nitrogens with zero attached hydrogens (tertiary/aromatic N) is 5. The fraction of sp³-hybridized carbons (Fsp3) is 0.286. The zero-order chi connectivity index (χ0) is 19.2. The highest BCUT2D eigenvalue weighted by atomic mass is 16.2. The molecule has 28 heavy (non-hydrogen) atoms. The van der Waals surface area contributed by atoms with E-state index in [1.807, 2.05) is 29.2 Å². The second-order valence-corrected chi connectivity index (χ2v) is 6.83. The van der Waals surface area contributed by atoms with Crippen LogP contribution in [0.25, 0.3) is 0 Å². The lowest BCUT2D eigenvalue weighted by atomic mass is 10.1. The van der Waals surface area contributed by atoms with Crippen LogP contribution in [-0.2, 0) is 11.2 Å². The Morgan fingerprint density at radius 3 is 2.82 bits per heavy atom. The summed E-state index contributed by atoms with van der Waals surface area (Å²) in [5.74, 6) is 1.53. The lowest BCUT2D eigenvalue weighted by Gasteiger charge is -2.16. The van der Waals surface area contributed by atoms with Crippen molar-refractivity contribution < 1.29 is 4.79 Å². The lowest BCUT2D eigenvalue weighted by molar-refractivity contribution is -0.130. The molecule has 3 heterocycles. The fourth-order valence-corrected chi connectivity index (χ4v) is 3.42. The highest BCUT2D eigenvalue weighted by Crippen LogP contribution is 2.27. The number of benzene rings is 1. The molecule has 1 aromatic carbocycles. The van der Waals surface area contributed by atoms with E-state index in [0.29, 0.717) is 24.7 Å². The monoisotopic (exact) mass is 374 g/mol. The molecule has 142 valence electrons. The minimum atomic E-state index is 0.207. The molecule has 0 bridgehead atoms. The first kappa shape index (κ1) is 18.0. The van der Waals surface area contributed by atoms with Crippen LogP contribution in [0, 0.1) is 0 Å². The molecule has 7 heteroatoms. The van der Waals surface area contributed by atoms with Gasteiger partial charge in [0.15, 0.2) is 5.82 Å². The minimum Gasteiger partial charge on any atom is -0.342 e. The summed E-state index contributed by atoms with van der Waals surface area (Å²) in [5.41, 5.74) is 2.14. The number of hydrogen-bond donors (Lipinski definition) is 1. The number of carbonyl (C=O) groups is 1. The van der Waals surface area contributed by atoms with Crippen LogP contribution in [0.5, 0.6) is 0 Å². The van der Waals surface area contributed by atoms with Gasteiger partial charge in [0.2, 0.25) is 11.9 Å². The van der Waals surface area contributed by atoms with Crippen LogP contribution in [-0.4, -0.2) is 43.8 Å². The van der Waals surface area contributed by atoms with Crippen LogP contribution in [0.3, 0.4) is 0 Å². The Hall–Kier alpha value is -3.35. The Balaban J connectivity index is 1.34. The van der Waals surface area contributed by atoms with Gasteiger partial charge in [-0.3, -0.25) is 9.78 Å². The Morgan fingerprint density at radius 2 is 2.00 bits per heavy atom. The van der Waals surface area contributed by atoms with Gasteiger partial charge in [-0.25, -0.2) is 15.0 Å². The van der Waals surface area contributed by atoms with E-state index in [9.17, 15) is 4.79 Å². The Labute approximate surface area is 163 Å². The molecule has 2 aromatic heterocycles. The SMILES string of the molecule is O=C(CCc1ccccc1)N1CCC(c2ccnc(Nc3cnccn3)n2)C1. The largest absolute Gasteiger partial charge is 0.342 e. The van der Waals surface area contributed by atoms with Crippen molar-refractivity contribution in [3.05, 3.63) is 72.4 Å². The van der Waals surface area contributed by atoms with Crippen molar-refractivity contribution in [1.82, 2.24) is 24.8 Å². The van der Waals surface area contributed by atoms with E-state index >= 15 is 0 Å². The van der Waals surface area contributed by atoms with E-state index in [4.69, 9.17) is 0 Å². The molecule has 0 radical (unpaired) electrons. The number of aryl methyl sites for hydroxylation is 1. The van der Waals surface area contributed by atoms with E-state index in [1.165, 1.54) is 5.56 Å². The van der Waals surface area contributed by atoms with Gasteiger partial charge in [-0.05, 0) is 24.5 Å². The normalized spacial score (nSPS) is 16.1. The first-order valence-corrected chi connectivity index (χ1v) is 9.45. The number of anilines is 2. The molecule has 1 aliphatic heterocycles. The van der Waals surface area contributed by atoms with Crippen LogP contribution in [0.4, 0.5) is 11.8 Å². The van der Waals surface area contributed by atoms with Crippen LogP contribution >= 0.6 is 0 Å². The molecule has 1 saturated heterocycles.